The van der Waals surface area contributed by atoms with E-state index < -0.39 is 18.4 Å². The van der Waals surface area contributed by atoms with Gasteiger partial charge in [0.05, 0.1) is 18.3 Å². The second kappa shape index (κ2) is 2.69. The molecule has 0 amide bonds. The van der Waals surface area contributed by atoms with Crippen molar-refractivity contribution in [3.05, 3.63) is 0 Å². The molecule has 5 nitrogen and oxygen atoms in total. The molecule has 3 rings (SSSR count). The van der Waals surface area contributed by atoms with Gasteiger partial charge < -0.3 is 19.3 Å². The Morgan fingerprint density at radius 2 is 2.27 bits per heavy atom. The van der Waals surface area contributed by atoms with Crippen molar-refractivity contribution in [2.24, 2.45) is 5.92 Å². The number of rotatable bonds is 3. The van der Waals surface area contributed by atoms with Gasteiger partial charge in [0.2, 0.25) is 0 Å². The zero-order valence-corrected chi connectivity index (χ0v) is 9.02. The summed E-state index contributed by atoms with van der Waals surface area (Å²) < 4.78 is 22.4. The first-order valence-electron chi connectivity index (χ1n) is 4.99. The van der Waals surface area contributed by atoms with Crippen LogP contribution in [0.4, 0.5) is 0 Å². The summed E-state index contributed by atoms with van der Waals surface area (Å²) >= 11 is 0. The average Bonchev–Trinajstić information content (AvgIpc) is 2.92. The van der Waals surface area contributed by atoms with Crippen molar-refractivity contribution in [3.63, 3.8) is 0 Å². The molecule has 15 heavy (non-hydrogen) atoms. The van der Waals surface area contributed by atoms with E-state index in [1.165, 1.54) is 0 Å². The van der Waals surface area contributed by atoms with Crippen LogP contribution in [0.15, 0.2) is 0 Å². The Hall–Kier alpha value is 0.135. The quantitative estimate of drug-likeness (QED) is 0.509. The van der Waals surface area contributed by atoms with E-state index in [4.69, 9.17) is 17.3 Å². The molecule has 0 aromatic rings. The molecule has 2 saturated carbocycles. The molecule has 3 aliphatic rings. The van der Waals surface area contributed by atoms with Crippen LogP contribution in [0.5, 0.6) is 0 Å². The third kappa shape index (κ3) is 1.02. The maximum atomic E-state index is 11.6. The summed E-state index contributed by atoms with van der Waals surface area (Å²) in [5.74, 6) is 0.104. The lowest BCUT2D eigenvalue weighted by Gasteiger charge is -2.32. The highest BCUT2D eigenvalue weighted by molar-refractivity contribution is 7.54. The van der Waals surface area contributed by atoms with Crippen LogP contribution in [0.2, 0.25) is 0 Å². The van der Waals surface area contributed by atoms with Crippen LogP contribution in [0.1, 0.15) is 12.8 Å². The summed E-state index contributed by atoms with van der Waals surface area (Å²) in [7, 11) is 1.14. The van der Waals surface area contributed by atoms with Crippen LogP contribution < -0.4 is 0 Å². The SMILES string of the molecule is [B]CO[C@@]12CC1CO[C@H]1CC12P(=O)(O)O. The first kappa shape index (κ1) is 10.3. The van der Waals surface area contributed by atoms with Crippen molar-refractivity contribution in [2.75, 3.05) is 13.1 Å². The molecule has 3 fully saturated rings. The first-order valence-corrected chi connectivity index (χ1v) is 6.60. The lowest BCUT2D eigenvalue weighted by Crippen LogP contribution is -2.43. The summed E-state index contributed by atoms with van der Waals surface area (Å²) in [6, 6.07) is 0. The van der Waals surface area contributed by atoms with Gasteiger partial charge in [0.15, 0.2) is 0 Å². The Morgan fingerprint density at radius 3 is 2.87 bits per heavy atom. The fraction of sp³-hybridized carbons (Fsp3) is 1.00. The highest BCUT2D eigenvalue weighted by Crippen LogP contribution is 2.80. The van der Waals surface area contributed by atoms with E-state index in [0.29, 0.717) is 19.4 Å². The van der Waals surface area contributed by atoms with Crippen molar-refractivity contribution in [1.29, 1.82) is 0 Å². The van der Waals surface area contributed by atoms with E-state index in [2.05, 4.69) is 0 Å². The monoisotopic (exact) mass is 230 g/mol. The second-order valence-electron chi connectivity index (χ2n) is 4.60. The van der Waals surface area contributed by atoms with Crippen LogP contribution in [-0.2, 0) is 14.0 Å². The van der Waals surface area contributed by atoms with Crippen molar-refractivity contribution < 1.29 is 23.8 Å². The van der Waals surface area contributed by atoms with Crippen LogP contribution >= 0.6 is 7.60 Å². The van der Waals surface area contributed by atoms with Crippen LogP contribution in [0.25, 0.3) is 0 Å². The van der Waals surface area contributed by atoms with E-state index in [1.807, 2.05) is 0 Å². The minimum Gasteiger partial charge on any atom is -0.383 e. The van der Waals surface area contributed by atoms with E-state index in [0.717, 1.165) is 0 Å². The molecule has 0 aromatic heterocycles. The summed E-state index contributed by atoms with van der Waals surface area (Å²) in [5.41, 5.74) is -0.705. The standard InChI is InChI=1S/C8H12BO5P/c9-4-14-7-1-5(7)3-13-6-2-8(6,7)15(10,11)12/h5-6H,1-4H2,(H2,10,11,12)/t5?,6-,7-,8?/m0/s1. The molecule has 7 heteroatoms. The minimum atomic E-state index is -4.19. The maximum absolute atomic E-state index is 11.6. The van der Waals surface area contributed by atoms with E-state index >= 15 is 0 Å². The minimum absolute atomic E-state index is 0.00493. The molecular formula is C8H12BO5P. The van der Waals surface area contributed by atoms with Gasteiger partial charge >= 0.3 is 7.60 Å². The topological polar surface area (TPSA) is 76.0 Å². The van der Waals surface area contributed by atoms with Crippen LogP contribution in [0.3, 0.4) is 0 Å². The van der Waals surface area contributed by atoms with Gasteiger partial charge in [0.1, 0.15) is 13.0 Å². The zero-order valence-electron chi connectivity index (χ0n) is 8.13. The molecule has 2 radical (unpaired) electrons. The zero-order chi connectivity index (χ0) is 10.9. The van der Waals surface area contributed by atoms with E-state index in [9.17, 15) is 14.4 Å². The number of hydrogen-bond acceptors (Lipinski definition) is 3. The summed E-state index contributed by atoms with van der Waals surface area (Å²) in [4.78, 5) is 18.9. The largest absolute Gasteiger partial charge is 0.383 e. The van der Waals surface area contributed by atoms with Crippen molar-refractivity contribution in [3.8, 4) is 0 Å². The van der Waals surface area contributed by atoms with Gasteiger partial charge in [0.25, 0.3) is 0 Å². The third-order valence-electron chi connectivity index (χ3n) is 4.01. The van der Waals surface area contributed by atoms with Gasteiger partial charge in [0, 0.05) is 12.4 Å². The maximum Gasteiger partial charge on any atom is 0.337 e. The fourth-order valence-corrected chi connectivity index (χ4v) is 4.82. The van der Waals surface area contributed by atoms with Gasteiger partial charge in [-0.25, -0.2) is 0 Å². The predicted molar refractivity (Wildman–Crippen MR) is 51.7 cm³/mol. The Bertz CT molecular complexity index is 357. The van der Waals surface area contributed by atoms with E-state index in [-0.39, 0.29) is 18.5 Å². The van der Waals surface area contributed by atoms with Crippen molar-refractivity contribution in [1.82, 2.24) is 0 Å². The lowest BCUT2D eigenvalue weighted by atomic mass is 10.1. The second-order valence-corrected chi connectivity index (χ2v) is 6.48. The molecule has 0 bridgehead atoms. The number of ether oxygens (including phenoxy) is 2. The van der Waals surface area contributed by atoms with Gasteiger partial charge in [-0.05, 0) is 12.8 Å². The van der Waals surface area contributed by atoms with Crippen LogP contribution in [-0.4, -0.2) is 47.6 Å². The Morgan fingerprint density at radius 1 is 1.53 bits per heavy atom. The van der Waals surface area contributed by atoms with Crippen molar-refractivity contribution in [2.45, 2.75) is 29.7 Å². The average molecular weight is 230 g/mol. The fourth-order valence-electron chi connectivity index (χ4n) is 3.13. The molecule has 1 heterocycles. The molecular weight excluding hydrogens is 218 g/mol. The van der Waals surface area contributed by atoms with Crippen LogP contribution in [0, 0.1) is 5.92 Å². The van der Waals surface area contributed by atoms with E-state index in [1.54, 1.807) is 0 Å². The third-order valence-corrected chi connectivity index (χ3v) is 5.90. The summed E-state index contributed by atoms with van der Waals surface area (Å²) in [6.45, 7) is 0.539. The molecule has 1 aliphatic heterocycles. The molecule has 2 unspecified atom stereocenters. The van der Waals surface area contributed by atoms with Gasteiger partial charge in [-0.3, -0.25) is 4.57 Å². The molecule has 4 atom stereocenters. The summed E-state index contributed by atoms with van der Waals surface area (Å²) in [5, 5.41) is -1.09. The van der Waals surface area contributed by atoms with Gasteiger partial charge in [-0.15, -0.1) is 0 Å². The highest BCUT2D eigenvalue weighted by atomic mass is 31.2. The smallest absolute Gasteiger partial charge is 0.337 e. The Kier molecular flexibility index (Phi) is 1.84. The number of fused-ring (bicyclic) bond motifs is 3. The molecule has 0 spiro atoms. The normalized spacial score (nSPS) is 51.9. The van der Waals surface area contributed by atoms with Crippen molar-refractivity contribution >= 4 is 15.4 Å². The Labute approximate surface area is 88.7 Å². The first-order chi connectivity index (χ1) is 6.98. The highest BCUT2D eigenvalue weighted by Gasteiger charge is 2.87. The Balaban J connectivity index is 1.99. The molecule has 2 aliphatic carbocycles. The molecule has 1 saturated heterocycles. The predicted octanol–water partition coefficient (Wildman–Crippen LogP) is -0.393. The number of hydrogen-bond donors (Lipinski definition) is 2. The van der Waals surface area contributed by atoms with Gasteiger partial charge in [-0.2, -0.15) is 0 Å². The molecule has 82 valence electrons. The summed E-state index contributed by atoms with van der Waals surface area (Å²) in [6.07, 6.45) is 0.711. The molecule has 0 aromatic carbocycles. The van der Waals surface area contributed by atoms with Gasteiger partial charge in [-0.1, -0.05) is 0 Å². The molecule has 2 N–H and O–H groups in total. The lowest BCUT2D eigenvalue weighted by molar-refractivity contribution is -0.0324.